The number of carbonyl (C=O) groups excluding carboxylic acids is 1. The van der Waals surface area contributed by atoms with Crippen molar-refractivity contribution in [3.8, 4) is 0 Å². The minimum Gasteiger partial charge on any atom is -0.426 e. The number of hydrogen-bond acceptors (Lipinski definition) is 3. The molecule has 1 spiro atoms. The van der Waals surface area contributed by atoms with E-state index in [9.17, 15) is 4.79 Å². The molecule has 0 aromatic carbocycles. The Balaban J connectivity index is 2.01. The van der Waals surface area contributed by atoms with Crippen molar-refractivity contribution in [2.45, 2.75) is 86.4 Å². The number of fused-ring (bicyclic) bond motifs is 3. The van der Waals surface area contributed by atoms with E-state index in [0.717, 1.165) is 19.3 Å². The lowest BCUT2D eigenvalue weighted by atomic mass is 9.44. The molecular weight excluding hydrogens is 348 g/mol. The average Bonchev–Trinajstić information content (AvgIpc) is 2.88. The first-order chi connectivity index (χ1) is 12.9. The number of rotatable bonds is 0. The van der Waals surface area contributed by atoms with Crippen molar-refractivity contribution in [1.82, 2.24) is 0 Å². The van der Waals surface area contributed by atoms with E-state index in [1.165, 1.54) is 16.7 Å². The highest BCUT2D eigenvalue weighted by Gasteiger charge is 2.70. The number of ether oxygens (including phenoxy) is 2. The maximum atomic E-state index is 12.6. The maximum Gasteiger partial charge on any atom is 0.509 e. The van der Waals surface area contributed by atoms with Gasteiger partial charge in [0, 0.05) is 11.3 Å². The van der Waals surface area contributed by atoms with Crippen LogP contribution in [0.1, 0.15) is 74.7 Å². The fraction of sp³-hybridized carbons (Fsp3) is 0.800. The Labute approximate surface area is 170 Å². The van der Waals surface area contributed by atoms with Crippen LogP contribution in [0.15, 0.2) is 23.3 Å². The summed E-state index contributed by atoms with van der Waals surface area (Å²) in [5.74, 6) is 1.98. The van der Waals surface area contributed by atoms with Crippen molar-refractivity contribution in [2.24, 2.45) is 40.4 Å². The van der Waals surface area contributed by atoms with E-state index in [1.54, 1.807) is 0 Å². The molecule has 0 aromatic rings. The summed E-state index contributed by atoms with van der Waals surface area (Å²) in [5, 5.41) is 0. The van der Waals surface area contributed by atoms with Gasteiger partial charge in [-0.1, -0.05) is 71.8 Å². The van der Waals surface area contributed by atoms with Gasteiger partial charge in [-0.05, 0) is 55.3 Å². The van der Waals surface area contributed by atoms with E-state index >= 15 is 0 Å². The van der Waals surface area contributed by atoms with E-state index < -0.39 is 11.8 Å². The summed E-state index contributed by atoms with van der Waals surface area (Å²) < 4.78 is 12.3. The highest BCUT2D eigenvalue weighted by atomic mass is 16.8. The third-order valence-electron chi connectivity index (χ3n) is 9.57. The summed E-state index contributed by atoms with van der Waals surface area (Å²) >= 11 is 0. The molecule has 1 saturated heterocycles. The second kappa shape index (κ2) is 5.89. The van der Waals surface area contributed by atoms with Crippen LogP contribution in [0.25, 0.3) is 0 Å². The molecule has 3 aliphatic carbocycles. The summed E-state index contributed by atoms with van der Waals surface area (Å²) in [6.45, 7) is 23.2. The van der Waals surface area contributed by atoms with Crippen LogP contribution in [0.4, 0.5) is 4.79 Å². The van der Waals surface area contributed by atoms with Crippen LogP contribution in [0.3, 0.4) is 0 Å². The number of allylic oxidation sites excluding steroid dienone is 1. The van der Waals surface area contributed by atoms with Crippen molar-refractivity contribution < 1.29 is 14.3 Å². The molecule has 156 valence electrons. The lowest BCUT2D eigenvalue weighted by Gasteiger charge is -2.61. The molecule has 3 fully saturated rings. The quantitative estimate of drug-likeness (QED) is 0.350. The van der Waals surface area contributed by atoms with Crippen molar-refractivity contribution in [3.63, 3.8) is 0 Å². The van der Waals surface area contributed by atoms with E-state index in [0.29, 0.717) is 23.7 Å². The first kappa shape index (κ1) is 20.0. The molecule has 4 aliphatic rings. The summed E-state index contributed by atoms with van der Waals surface area (Å²) in [6, 6.07) is 0. The van der Waals surface area contributed by atoms with Crippen LogP contribution in [0, 0.1) is 40.4 Å². The standard InChI is InChI=1S/C25H38O3/c1-13-10-16(4)24(9)11-15(3)19-18(6)14(2)12-25(23(19,7)8)21(20(24)17(13)5)27-22(26)28-25/h13-16,20-21H,5,10-12H2,1-4,6-9H3/t13?,14?,15?,16-,20?,21?,24+,25+/m0/s1. The predicted molar refractivity (Wildman–Crippen MR) is 112 cm³/mol. The molecule has 5 unspecified atom stereocenters. The minimum absolute atomic E-state index is 0.0511. The summed E-state index contributed by atoms with van der Waals surface area (Å²) in [5.41, 5.74) is 3.43. The van der Waals surface area contributed by atoms with Crippen LogP contribution in [0.2, 0.25) is 0 Å². The van der Waals surface area contributed by atoms with Gasteiger partial charge < -0.3 is 9.47 Å². The normalized spacial score (nSPS) is 50.1. The van der Waals surface area contributed by atoms with Gasteiger partial charge in [0.1, 0.15) is 0 Å². The minimum atomic E-state index is -0.612. The summed E-state index contributed by atoms with van der Waals surface area (Å²) in [6.07, 6.45) is 2.36. The van der Waals surface area contributed by atoms with Gasteiger partial charge in [-0.3, -0.25) is 0 Å². The molecule has 28 heavy (non-hydrogen) atoms. The molecule has 4 rings (SSSR count). The molecule has 1 aliphatic heterocycles. The highest BCUT2D eigenvalue weighted by Crippen LogP contribution is 2.67. The molecule has 0 aromatic heterocycles. The van der Waals surface area contributed by atoms with Crippen LogP contribution in [-0.2, 0) is 9.47 Å². The van der Waals surface area contributed by atoms with Gasteiger partial charge in [0.05, 0.1) is 0 Å². The smallest absolute Gasteiger partial charge is 0.426 e. The summed E-state index contributed by atoms with van der Waals surface area (Å²) in [4.78, 5) is 12.6. The number of hydrogen-bond donors (Lipinski definition) is 0. The van der Waals surface area contributed by atoms with Crippen molar-refractivity contribution in [3.05, 3.63) is 23.3 Å². The average molecular weight is 387 g/mol. The van der Waals surface area contributed by atoms with Gasteiger partial charge in [0.15, 0.2) is 11.7 Å². The summed E-state index contributed by atoms with van der Waals surface area (Å²) in [7, 11) is 0. The van der Waals surface area contributed by atoms with E-state index in [4.69, 9.17) is 9.47 Å². The fourth-order valence-electron chi connectivity index (χ4n) is 7.88. The second-order valence-corrected chi connectivity index (χ2v) is 11.3. The Morgan fingerprint density at radius 1 is 1.00 bits per heavy atom. The molecule has 8 atom stereocenters. The van der Waals surface area contributed by atoms with Crippen LogP contribution in [-0.4, -0.2) is 17.9 Å². The Morgan fingerprint density at radius 3 is 2.29 bits per heavy atom. The monoisotopic (exact) mass is 386 g/mol. The van der Waals surface area contributed by atoms with Crippen molar-refractivity contribution in [2.75, 3.05) is 0 Å². The van der Waals surface area contributed by atoms with Crippen LogP contribution >= 0.6 is 0 Å². The lowest BCUT2D eigenvalue weighted by Crippen LogP contribution is -2.64. The topological polar surface area (TPSA) is 35.5 Å². The highest BCUT2D eigenvalue weighted by molar-refractivity contribution is 5.65. The van der Waals surface area contributed by atoms with Crippen molar-refractivity contribution >= 4 is 6.16 Å². The Kier molecular flexibility index (Phi) is 4.22. The zero-order valence-corrected chi connectivity index (χ0v) is 19.0. The third kappa shape index (κ3) is 2.25. The molecule has 3 heteroatoms. The van der Waals surface area contributed by atoms with Gasteiger partial charge in [-0.25, -0.2) is 4.79 Å². The predicted octanol–water partition coefficient (Wildman–Crippen LogP) is 6.54. The molecule has 3 nitrogen and oxygen atoms in total. The first-order valence-corrected chi connectivity index (χ1v) is 11.2. The molecular formula is C25H38O3. The van der Waals surface area contributed by atoms with Gasteiger partial charge in [0.2, 0.25) is 0 Å². The zero-order valence-electron chi connectivity index (χ0n) is 19.0. The first-order valence-electron chi connectivity index (χ1n) is 11.2. The Bertz CT molecular complexity index is 762. The zero-order chi connectivity index (χ0) is 20.8. The van der Waals surface area contributed by atoms with E-state index in [2.05, 4.69) is 62.0 Å². The molecule has 2 bridgehead atoms. The molecule has 2 saturated carbocycles. The van der Waals surface area contributed by atoms with Crippen molar-refractivity contribution in [1.29, 1.82) is 0 Å². The van der Waals surface area contributed by atoms with Gasteiger partial charge in [-0.15, -0.1) is 0 Å². The Morgan fingerprint density at radius 2 is 1.64 bits per heavy atom. The van der Waals surface area contributed by atoms with Gasteiger partial charge in [-0.2, -0.15) is 0 Å². The Hall–Kier alpha value is -1.25. The van der Waals surface area contributed by atoms with E-state index in [-0.39, 0.29) is 22.9 Å². The SMILES string of the molecule is C=C1C(C)C[C@H](C)[C@@]2(C)CC(C)C3=C(C)C(C)C[C@]4(OC(=O)OC4C12)C3(C)C. The second-order valence-electron chi connectivity index (χ2n) is 11.3. The largest absolute Gasteiger partial charge is 0.509 e. The van der Waals surface area contributed by atoms with E-state index in [1.807, 2.05) is 0 Å². The lowest BCUT2D eigenvalue weighted by molar-refractivity contribution is -0.136. The number of carbonyl (C=O) groups is 1. The van der Waals surface area contributed by atoms with Gasteiger partial charge >= 0.3 is 6.16 Å². The van der Waals surface area contributed by atoms with Gasteiger partial charge in [0.25, 0.3) is 0 Å². The molecule has 0 radical (unpaired) electrons. The molecule has 0 N–H and O–H groups in total. The molecule has 1 heterocycles. The fourth-order valence-corrected chi connectivity index (χ4v) is 7.88. The third-order valence-corrected chi connectivity index (χ3v) is 9.57. The maximum absolute atomic E-state index is 12.6. The molecule has 0 amide bonds. The van der Waals surface area contributed by atoms with Crippen LogP contribution < -0.4 is 0 Å². The van der Waals surface area contributed by atoms with Crippen LogP contribution in [0.5, 0.6) is 0 Å².